The Morgan fingerprint density at radius 3 is 2.41 bits per heavy atom. The van der Waals surface area contributed by atoms with Crippen LogP contribution in [0.3, 0.4) is 0 Å². The highest BCUT2D eigenvalue weighted by molar-refractivity contribution is 5.98. The minimum absolute atomic E-state index is 0.0593. The third-order valence-corrected chi connectivity index (χ3v) is 7.86. The lowest BCUT2D eigenvalue weighted by atomic mass is 9.61. The number of para-hydroxylation sites is 1. The van der Waals surface area contributed by atoms with Crippen molar-refractivity contribution in [3.8, 4) is 5.69 Å². The van der Waals surface area contributed by atoms with Gasteiger partial charge in [-0.15, -0.1) is 0 Å². The fourth-order valence-corrected chi connectivity index (χ4v) is 5.77. The maximum Gasteiger partial charge on any atom is 0.354 e. The molecule has 1 saturated heterocycles. The monoisotopic (exact) mass is 432 g/mol. The van der Waals surface area contributed by atoms with E-state index < -0.39 is 5.97 Å². The number of hydrogen-bond acceptors (Lipinski definition) is 5. The van der Waals surface area contributed by atoms with Crippen LogP contribution in [0.15, 0.2) is 36.4 Å². The summed E-state index contributed by atoms with van der Waals surface area (Å²) in [6, 6.07) is 11.6. The fraction of sp³-hybridized carbons (Fsp3) is 0.480. The van der Waals surface area contributed by atoms with E-state index in [4.69, 9.17) is 5.10 Å². The molecule has 0 amide bonds. The minimum Gasteiger partial charge on any atom is -0.477 e. The van der Waals surface area contributed by atoms with Crippen LogP contribution in [0.5, 0.6) is 0 Å². The molecule has 2 N–H and O–H groups in total. The number of aliphatic hydroxyl groups is 1. The molecule has 1 aliphatic heterocycles. The van der Waals surface area contributed by atoms with Crippen LogP contribution < -0.4 is 4.90 Å². The number of piperidine rings is 1. The third-order valence-electron chi connectivity index (χ3n) is 7.86. The van der Waals surface area contributed by atoms with Crippen molar-refractivity contribution in [3.05, 3.63) is 47.8 Å². The number of carbonyl (C=O) groups is 1. The summed E-state index contributed by atoms with van der Waals surface area (Å²) in [5.74, 6) is -0.619. The van der Waals surface area contributed by atoms with E-state index in [1.54, 1.807) is 6.07 Å². The molecule has 2 aromatic heterocycles. The van der Waals surface area contributed by atoms with E-state index in [1.807, 2.05) is 35.0 Å². The first-order valence-corrected chi connectivity index (χ1v) is 11.7. The molecule has 7 heteroatoms. The summed E-state index contributed by atoms with van der Waals surface area (Å²) in [5, 5.41) is 25.7. The quantitative estimate of drug-likeness (QED) is 0.644. The molecule has 0 bridgehead atoms. The Kier molecular flexibility index (Phi) is 4.50. The maximum absolute atomic E-state index is 12.0. The van der Waals surface area contributed by atoms with Crippen molar-refractivity contribution in [3.63, 3.8) is 0 Å². The summed E-state index contributed by atoms with van der Waals surface area (Å²) < 4.78 is 1.83. The Bertz CT molecular complexity index is 1170. The molecule has 3 aliphatic rings. The molecule has 0 atom stereocenters. The number of hydrogen-bond donors (Lipinski definition) is 2. The van der Waals surface area contributed by atoms with E-state index in [2.05, 4.69) is 9.88 Å². The number of rotatable bonds is 4. The van der Waals surface area contributed by atoms with Crippen LogP contribution in [-0.4, -0.2) is 50.1 Å². The van der Waals surface area contributed by atoms with Crippen LogP contribution in [0, 0.1) is 5.41 Å². The zero-order chi connectivity index (χ0) is 21.9. The van der Waals surface area contributed by atoms with Crippen molar-refractivity contribution in [2.45, 2.75) is 57.0 Å². The topological polar surface area (TPSA) is 91.5 Å². The molecule has 7 nitrogen and oxygen atoms in total. The SMILES string of the molecule is O=C(O)c1cc(N2CCC3(CC2)CC(O)C3)c2c(C3CCC3)nn(-c3ccccc3)c2n1. The number of pyridine rings is 1. The minimum atomic E-state index is -1.02. The molecule has 166 valence electrons. The molecule has 2 saturated carbocycles. The Morgan fingerprint density at radius 2 is 1.81 bits per heavy atom. The number of anilines is 1. The molecule has 1 aromatic carbocycles. The number of fused-ring (bicyclic) bond motifs is 1. The molecule has 2 aliphatic carbocycles. The van der Waals surface area contributed by atoms with Gasteiger partial charge in [-0.3, -0.25) is 0 Å². The van der Waals surface area contributed by atoms with Gasteiger partial charge in [0.25, 0.3) is 0 Å². The van der Waals surface area contributed by atoms with Gasteiger partial charge in [0.05, 0.1) is 28.6 Å². The number of nitrogens with zero attached hydrogens (tertiary/aromatic N) is 4. The van der Waals surface area contributed by atoms with Crippen LogP contribution in [0.2, 0.25) is 0 Å². The molecule has 0 unspecified atom stereocenters. The average molecular weight is 433 g/mol. The van der Waals surface area contributed by atoms with Crippen molar-refractivity contribution in [2.75, 3.05) is 18.0 Å². The molecular formula is C25H28N4O3. The van der Waals surface area contributed by atoms with Gasteiger partial charge in [0.2, 0.25) is 0 Å². The van der Waals surface area contributed by atoms with Gasteiger partial charge in [0.15, 0.2) is 11.3 Å². The van der Waals surface area contributed by atoms with Crippen molar-refractivity contribution in [1.29, 1.82) is 0 Å². The Labute approximate surface area is 186 Å². The molecule has 3 fully saturated rings. The predicted molar refractivity (Wildman–Crippen MR) is 122 cm³/mol. The third kappa shape index (κ3) is 3.10. The molecule has 1 spiro atoms. The lowest BCUT2D eigenvalue weighted by Gasteiger charge is -2.51. The van der Waals surface area contributed by atoms with E-state index in [0.717, 1.165) is 74.1 Å². The number of carboxylic acids is 1. The Morgan fingerprint density at radius 1 is 1.09 bits per heavy atom. The van der Waals surface area contributed by atoms with Gasteiger partial charge in [-0.2, -0.15) is 5.10 Å². The predicted octanol–water partition coefficient (Wildman–Crippen LogP) is 4.13. The second-order valence-corrected chi connectivity index (χ2v) is 9.84. The summed E-state index contributed by atoms with van der Waals surface area (Å²) in [4.78, 5) is 18.9. The number of aromatic nitrogens is 3. The van der Waals surface area contributed by atoms with Gasteiger partial charge in [0.1, 0.15) is 0 Å². The first kappa shape index (κ1) is 19.7. The molecule has 32 heavy (non-hydrogen) atoms. The molecule has 0 radical (unpaired) electrons. The fourth-order valence-electron chi connectivity index (χ4n) is 5.77. The van der Waals surface area contributed by atoms with Gasteiger partial charge < -0.3 is 15.1 Å². The molecule has 3 aromatic rings. The van der Waals surface area contributed by atoms with Crippen LogP contribution in [0.25, 0.3) is 16.7 Å². The largest absolute Gasteiger partial charge is 0.477 e. The maximum atomic E-state index is 12.0. The van der Waals surface area contributed by atoms with E-state index in [9.17, 15) is 15.0 Å². The van der Waals surface area contributed by atoms with Gasteiger partial charge in [-0.25, -0.2) is 14.5 Å². The average Bonchev–Trinajstić information content (AvgIpc) is 3.11. The van der Waals surface area contributed by atoms with Crippen LogP contribution in [-0.2, 0) is 0 Å². The van der Waals surface area contributed by atoms with E-state index in [-0.39, 0.29) is 17.2 Å². The highest BCUT2D eigenvalue weighted by atomic mass is 16.4. The first-order chi connectivity index (χ1) is 15.5. The molecular weight excluding hydrogens is 404 g/mol. The summed E-state index contributed by atoms with van der Waals surface area (Å²) in [5.41, 5.74) is 3.85. The highest BCUT2D eigenvalue weighted by Crippen LogP contribution is 2.50. The Hall–Kier alpha value is -2.93. The van der Waals surface area contributed by atoms with Gasteiger partial charge in [0, 0.05) is 19.0 Å². The van der Waals surface area contributed by atoms with E-state index >= 15 is 0 Å². The summed E-state index contributed by atoms with van der Waals surface area (Å²) in [6.07, 6.45) is 7.13. The van der Waals surface area contributed by atoms with Gasteiger partial charge >= 0.3 is 5.97 Å². The number of benzene rings is 1. The number of carboxylic acid groups (broad SMARTS) is 1. The Balaban J connectivity index is 1.49. The smallest absolute Gasteiger partial charge is 0.354 e. The standard InChI is InChI=1S/C25H28N4O3/c30-18-14-25(15-18)9-11-28(12-10-25)20-13-19(24(31)32)26-23-21(20)22(16-5-4-6-16)27-29(23)17-7-2-1-3-8-17/h1-3,7-8,13,16,18,30H,4-6,9-12,14-15H2,(H,31,32). The van der Waals surface area contributed by atoms with E-state index in [1.165, 1.54) is 6.42 Å². The van der Waals surface area contributed by atoms with Crippen molar-refractivity contribution >= 4 is 22.7 Å². The second-order valence-electron chi connectivity index (χ2n) is 9.84. The second kappa shape index (κ2) is 7.30. The van der Waals surface area contributed by atoms with Crippen LogP contribution >= 0.6 is 0 Å². The van der Waals surface area contributed by atoms with Crippen LogP contribution in [0.4, 0.5) is 5.69 Å². The summed E-state index contributed by atoms with van der Waals surface area (Å²) in [6.45, 7) is 1.73. The first-order valence-electron chi connectivity index (χ1n) is 11.7. The van der Waals surface area contributed by atoms with Crippen molar-refractivity contribution in [2.24, 2.45) is 5.41 Å². The van der Waals surface area contributed by atoms with Gasteiger partial charge in [-0.05, 0) is 62.1 Å². The number of aromatic carboxylic acids is 1. The lowest BCUT2D eigenvalue weighted by molar-refractivity contribution is -0.0463. The molecule has 6 rings (SSSR count). The number of aliphatic hydroxyl groups excluding tert-OH is 1. The summed E-state index contributed by atoms with van der Waals surface area (Å²) >= 11 is 0. The molecule has 3 heterocycles. The van der Waals surface area contributed by atoms with Crippen molar-refractivity contribution < 1.29 is 15.0 Å². The zero-order valence-electron chi connectivity index (χ0n) is 18.1. The van der Waals surface area contributed by atoms with E-state index in [0.29, 0.717) is 11.6 Å². The zero-order valence-corrected chi connectivity index (χ0v) is 18.1. The van der Waals surface area contributed by atoms with Gasteiger partial charge in [-0.1, -0.05) is 24.6 Å². The lowest BCUT2D eigenvalue weighted by Crippen LogP contribution is -2.49. The van der Waals surface area contributed by atoms with Crippen molar-refractivity contribution in [1.82, 2.24) is 14.8 Å². The summed E-state index contributed by atoms with van der Waals surface area (Å²) in [7, 11) is 0. The normalized spacial score (nSPS) is 21.0. The van der Waals surface area contributed by atoms with Crippen LogP contribution in [0.1, 0.15) is 67.0 Å². The highest BCUT2D eigenvalue weighted by Gasteiger charge is 2.45.